The van der Waals surface area contributed by atoms with Gasteiger partial charge in [-0.1, -0.05) is 116 Å². The fraction of sp³-hybridized carbons (Fsp3) is 1.00. The molecule has 0 fully saturated rings. The SMILES string of the molecule is CCCCCCCCCCCCCCCCCCCCO.O=P(O)(O)O. The molecule has 0 aromatic heterocycles. The van der Waals surface area contributed by atoms with E-state index in [1.54, 1.807) is 0 Å². The Morgan fingerprint density at radius 3 is 0.885 bits per heavy atom. The lowest BCUT2D eigenvalue weighted by Gasteiger charge is -2.03. The van der Waals surface area contributed by atoms with Gasteiger partial charge in [-0.05, 0) is 6.42 Å². The van der Waals surface area contributed by atoms with Gasteiger partial charge in [0.2, 0.25) is 0 Å². The summed E-state index contributed by atoms with van der Waals surface area (Å²) < 4.78 is 8.88. The second kappa shape index (κ2) is 23.1. The molecule has 0 spiro atoms. The summed E-state index contributed by atoms with van der Waals surface area (Å²) in [5.74, 6) is 0. The summed E-state index contributed by atoms with van der Waals surface area (Å²) in [6, 6.07) is 0. The Labute approximate surface area is 161 Å². The van der Waals surface area contributed by atoms with Crippen molar-refractivity contribution in [3.8, 4) is 0 Å². The van der Waals surface area contributed by atoms with E-state index in [1.807, 2.05) is 0 Å². The smallest absolute Gasteiger partial charge is 0.396 e. The molecule has 160 valence electrons. The van der Waals surface area contributed by atoms with E-state index >= 15 is 0 Å². The van der Waals surface area contributed by atoms with Gasteiger partial charge in [0.05, 0.1) is 0 Å². The van der Waals surface area contributed by atoms with Gasteiger partial charge in [0.1, 0.15) is 0 Å². The zero-order valence-electron chi connectivity index (χ0n) is 17.1. The van der Waals surface area contributed by atoms with Crippen LogP contribution in [0.25, 0.3) is 0 Å². The minimum Gasteiger partial charge on any atom is -0.396 e. The molecular weight excluding hydrogens is 351 g/mol. The van der Waals surface area contributed by atoms with Crippen LogP contribution in [0.1, 0.15) is 122 Å². The minimum atomic E-state index is -4.64. The number of rotatable bonds is 18. The molecule has 0 aliphatic carbocycles. The summed E-state index contributed by atoms with van der Waals surface area (Å²) in [6.45, 7) is 2.66. The molecule has 5 nitrogen and oxygen atoms in total. The van der Waals surface area contributed by atoms with Crippen molar-refractivity contribution in [2.45, 2.75) is 122 Å². The van der Waals surface area contributed by atoms with Gasteiger partial charge in [0.25, 0.3) is 0 Å². The van der Waals surface area contributed by atoms with Crippen LogP contribution in [0.4, 0.5) is 0 Å². The Morgan fingerprint density at radius 2 is 0.692 bits per heavy atom. The molecule has 0 rings (SSSR count). The van der Waals surface area contributed by atoms with E-state index in [1.165, 1.54) is 109 Å². The van der Waals surface area contributed by atoms with E-state index in [2.05, 4.69) is 6.92 Å². The van der Waals surface area contributed by atoms with Crippen LogP contribution in [-0.2, 0) is 4.57 Å². The lowest BCUT2D eigenvalue weighted by atomic mass is 10.0. The molecule has 0 aromatic rings. The lowest BCUT2D eigenvalue weighted by molar-refractivity contribution is 0.275. The first-order valence-corrected chi connectivity index (χ1v) is 12.4. The third-order valence-electron chi connectivity index (χ3n) is 4.51. The van der Waals surface area contributed by atoms with Crippen LogP contribution < -0.4 is 0 Å². The first-order chi connectivity index (χ1) is 12.4. The normalized spacial score (nSPS) is 11.3. The van der Waals surface area contributed by atoms with Crippen molar-refractivity contribution >= 4 is 7.82 Å². The number of phosphoric acid groups is 1. The molecule has 0 aliphatic heterocycles. The highest BCUT2D eigenvalue weighted by molar-refractivity contribution is 7.45. The molecule has 0 atom stereocenters. The van der Waals surface area contributed by atoms with Crippen LogP contribution in [-0.4, -0.2) is 26.4 Å². The quantitative estimate of drug-likeness (QED) is 0.166. The monoisotopic (exact) mass is 396 g/mol. The summed E-state index contributed by atoms with van der Waals surface area (Å²) in [5, 5.41) is 8.69. The Bertz CT molecular complexity index is 268. The van der Waals surface area contributed by atoms with E-state index in [-0.39, 0.29) is 0 Å². The van der Waals surface area contributed by atoms with Gasteiger partial charge >= 0.3 is 7.82 Å². The van der Waals surface area contributed by atoms with E-state index < -0.39 is 7.82 Å². The molecule has 0 aliphatic rings. The zero-order chi connectivity index (χ0) is 19.9. The summed E-state index contributed by atoms with van der Waals surface area (Å²) in [5.41, 5.74) is 0. The molecule has 0 heterocycles. The van der Waals surface area contributed by atoms with Crippen molar-refractivity contribution in [1.29, 1.82) is 0 Å². The second-order valence-electron chi connectivity index (χ2n) is 7.25. The topological polar surface area (TPSA) is 98.0 Å². The van der Waals surface area contributed by atoms with Gasteiger partial charge in [-0.25, -0.2) is 4.57 Å². The van der Waals surface area contributed by atoms with Gasteiger partial charge in [0.15, 0.2) is 0 Å². The van der Waals surface area contributed by atoms with E-state index in [9.17, 15) is 0 Å². The van der Waals surface area contributed by atoms with E-state index in [0.29, 0.717) is 6.61 Å². The highest BCUT2D eigenvalue weighted by Gasteiger charge is 2.00. The van der Waals surface area contributed by atoms with Gasteiger partial charge in [-0.15, -0.1) is 0 Å². The fourth-order valence-corrected chi connectivity index (χ4v) is 3.01. The third kappa shape index (κ3) is 39.2. The maximum Gasteiger partial charge on any atom is 0.466 e. The second-order valence-corrected chi connectivity index (χ2v) is 8.27. The van der Waals surface area contributed by atoms with Crippen LogP contribution in [0.5, 0.6) is 0 Å². The average molecular weight is 397 g/mol. The molecule has 0 aromatic carbocycles. The van der Waals surface area contributed by atoms with Gasteiger partial charge < -0.3 is 19.8 Å². The summed E-state index contributed by atoms with van der Waals surface area (Å²) in [4.78, 5) is 21.6. The van der Waals surface area contributed by atoms with Crippen molar-refractivity contribution in [3.63, 3.8) is 0 Å². The summed E-state index contributed by atoms with van der Waals surface area (Å²) in [7, 11) is -4.64. The maximum absolute atomic E-state index is 8.88. The Morgan fingerprint density at radius 1 is 0.500 bits per heavy atom. The molecule has 0 radical (unpaired) electrons. The summed E-state index contributed by atoms with van der Waals surface area (Å²) in [6.07, 6.45) is 25.1. The number of aliphatic hydroxyl groups excluding tert-OH is 1. The Kier molecular flexibility index (Phi) is 25.1. The van der Waals surface area contributed by atoms with Gasteiger partial charge in [-0.2, -0.15) is 0 Å². The average Bonchev–Trinajstić information content (AvgIpc) is 2.56. The van der Waals surface area contributed by atoms with Crippen molar-refractivity contribution < 1.29 is 24.4 Å². The lowest BCUT2D eigenvalue weighted by Crippen LogP contribution is -1.85. The van der Waals surface area contributed by atoms with Crippen molar-refractivity contribution in [2.75, 3.05) is 6.61 Å². The van der Waals surface area contributed by atoms with E-state index in [0.717, 1.165) is 6.42 Å². The molecule has 26 heavy (non-hydrogen) atoms. The van der Waals surface area contributed by atoms with Crippen LogP contribution >= 0.6 is 7.82 Å². The Balaban J connectivity index is 0. The number of unbranched alkanes of at least 4 members (excludes halogenated alkanes) is 17. The van der Waals surface area contributed by atoms with Gasteiger partial charge in [-0.3, -0.25) is 0 Å². The maximum atomic E-state index is 8.88. The fourth-order valence-electron chi connectivity index (χ4n) is 3.01. The van der Waals surface area contributed by atoms with Crippen LogP contribution in [0.3, 0.4) is 0 Å². The van der Waals surface area contributed by atoms with Crippen molar-refractivity contribution in [1.82, 2.24) is 0 Å². The highest BCUT2D eigenvalue weighted by atomic mass is 31.2. The number of hydrogen-bond acceptors (Lipinski definition) is 2. The molecule has 4 N–H and O–H groups in total. The molecular formula is C20H45O5P. The number of aliphatic hydroxyl groups is 1. The molecule has 0 unspecified atom stereocenters. The standard InChI is InChI=1S/C20H42O.H3O4P/c1-2-3-4-5-6-7-8-9-10-11-12-13-14-15-16-17-18-19-20-21;1-5(2,3)4/h21H,2-20H2,1H3;(H3,1,2,3,4). The zero-order valence-corrected chi connectivity index (χ0v) is 18.0. The first kappa shape index (κ1) is 28.3. The third-order valence-corrected chi connectivity index (χ3v) is 4.51. The van der Waals surface area contributed by atoms with Crippen LogP contribution in [0.15, 0.2) is 0 Å². The molecule has 0 bridgehead atoms. The Hall–Kier alpha value is 0.0700. The van der Waals surface area contributed by atoms with E-state index in [4.69, 9.17) is 24.4 Å². The van der Waals surface area contributed by atoms with Crippen LogP contribution in [0, 0.1) is 0 Å². The first-order valence-electron chi connectivity index (χ1n) is 10.8. The summed E-state index contributed by atoms with van der Waals surface area (Å²) >= 11 is 0. The molecule has 0 saturated carbocycles. The highest BCUT2D eigenvalue weighted by Crippen LogP contribution is 2.25. The largest absolute Gasteiger partial charge is 0.466 e. The van der Waals surface area contributed by atoms with Gasteiger partial charge in [0, 0.05) is 6.61 Å². The van der Waals surface area contributed by atoms with Crippen molar-refractivity contribution in [3.05, 3.63) is 0 Å². The van der Waals surface area contributed by atoms with Crippen molar-refractivity contribution in [2.24, 2.45) is 0 Å². The van der Waals surface area contributed by atoms with Crippen LogP contribution in [0.2, 0.25) is 0 Å². The predicted molar refractivity (Wildman–Crippen MR) is 110 cm³/mol. The number of hydrogen-bond donors (Lipinski definition) is 4. The predicted octanol–water partition coefficient (Wildman–Crippen LogP) is 6.09. The molecule has 0 saturated heterocycles. The molecule has 0 amide bonds. The molecule has 6 heteroatoms. The minimum absolute atomic E-state index is 0.374.